The highest BCUT2D eigenvalue weighted by atomic mass is 19.4. The number of carbonyl (C=O) groups excluding carboxylic acids is 1. The van der Waals surface area contributed by atoms with Gasteiger partial charge in [-0.1, -0.05) is 12.1 Å². The smallest absolute Gasteiger partial charge is 0.475 e. The molecule has 0 saturated carbocycles. The molecule has 27 heavy (non-hydrogen) atoms. The molecule has 3 aromatic rings. The average Bonchev–Trinajstić information content (AvgIpc) is 3.05. The number of furan rings is 1. The number of rotatable bonds is 3. The van der Waals surface area contributed by atoms with Gasteiger partial charge in [0.05, 0.1) is 17.3 Å². The summed E-state index contributed by atoms with van der Waals surface area (Å²) >= 11 is 0. The maximum Gasteiger partial charge on any atom is 0.490 e. The Morgan fingerprint density at radius 1 is 1.22 bits per heavy atom. The number of alkyl halides is 3. The van der Waals surface area contributed by atoms with E-state index in [4.69, 9.17) is 14.3 Å². The Labute approximate surface area is 151 Å². The number of nitrogens with zero attached hydrogens (tertiary/aromatic N) is 1. The van der Waals surface area contributed by atoms with Crippen LogP contribution in [-0.4, -0.2) is 28.1 Å². The van der Waals surface area contributed by atoms with Crippen LogP contribution in [0.3, 0.4) is 0 Å². The molecule has 2 heterocycles. The average molecular weight is 380 g/mol. The van der Waals surface area contributed by atoms with Crippen molar-refractivity contribution in [2.24, 2.45) is 0 Å². The lowest BCUT2D eigenvalue weighted by atomic mass is 10.1. The first-order chi connectivity index (χ1) is 12.7. The second kappa shape index (κ2) is 8.35. The number of amides is 1. The summed E-state index contributed by atoms with van der Waals surface area (Å²) in [5.41, 5.74) is 2.57. The predicted molar refractivity (Wildman–Crippen MR) is 90.0 cm³/mol. The van der Waals surface area contributed by atoms with Crippen LogP contribution in [0, 0.1) is 6.92 Å². The minimum atomic E-state index is -5.08. The van der Waals surface area contributed by atoms with Gasteiger partial charge in [0.2, 0.25) is 0 Å². The maximum atomic E-state index is 12.0. The van der Waals surface area contributed by atoms with E-state index in [1.165, 1.54) is 6.26 Å². The number of hydrogen-bond donors (Lipinski definition) is 2. The molecule has 2 N–H and O–H groups in total. The van der Waals surface area contributed by atoms with E-state index in [9.17, 15) is 18.0 Å². The molecule has 0 saturated heterocycles. The Morgan fingerprint density at radius 2 is 1.93 bits per heavy atom. The molecular weight excluding hydrogens is 365 g/mol. The summed E-state index contributed by atoms with van der Waals surface area (Å²) in [5, 5.41) is 11.1. The summed E-state index contributed by atoms with van der Waals surface area (Å²) in [6.07, 6.45) is -1.79. The number of halogens is 3. The van der Waals surface area contributed by atoms with Crippen LogP contribution in [0.1, 0.15) is 21.7 Å². The summed E-state index contributed by atoms with van der Waals surface area (Å²) in [5.74, 6) is -2.25. The zero-order valence-electron chi connectivity index (χ0n) is 14.1. The van der Waals surface area contributed by atoms with Crippen LogP contribution in [0.5, 0.6) is 0 Å². The quantitative estimate of drug-likeness (QED) is 0.723. The van der Waals surface area contributed by atoms with Gasteiger partial charge in [-0.2, -0.15) is 13.2 Å². The summed E-state index contributed by atoms with van der Waals surface area (Å²) in [6.45, 7) is 2.25. The third-order valence-electron chi connectivity index (χ3n) is 3.47. The SMILES string of the molecule is Cc1occc1C(=O)NCc1ccc2ncccc2c1.O=C(O)C(F)(F)F. The van der Waals surface area contributed by atoms with Crippen molar-refractivity contribution >= 4 is 22.8 Å². The first-order valence-electron chi connectivity index (χ1n) is 7.64. The van der Waals surface area contributed by atoms with E-state index >= 15 is 0 Å². The van der Waals surface area contributed by atoms with E-state index in [0.29, 0.717) is 17.9 Å². The van der Waals surface area contributed by atoms with Crippen LogP contribution >= 0.6 is 0 Å². The van der Waals surface area contributed by atoms with Gasteiger partial charge in [-0.25, -0.2) is 4.79 Å². The van der Waals surface area contributed by atoms with E-state index in [1.807, 2.05) is 30.3 Å². The van der Waals surface area contributed by atoms with Crippen molar-refractivity contribution in [3.63, 3.8) is 0 Å². The number of pyridine rings is 1. The zero-order chi connectivity index (χ0) is 20.0. The maximum absolute atomic E-state index is 12.0. The molecule has 0 aliphatic heterocycles. The molecule has 142 valence electrons. The molecule has 0 aliphatic carbocycles. The van der Waals surface area contributed by atoms with Gasteiger partial charge in [0, 0.05) is 18.1 Å². The van der Waals surface area contributed by atoms with Crippen LogP contribution in [0.15, 0.2) is 53.3 Å². The van der Waals surface area contributed by atoms with Gasteiger partial charge in [-0.05, 0) is 36.8 Å². The van der Waals surface area contributed by atoms with Crippen molar-refractivity contribution in [3.8, 4) is 0 Å². The molecule has 0 unspecified atom stereocenters. The monoisotopic (exact) mass is 380 g/mol. The molecule has 0 bridgehead atoms. The van der Waals surface area contributed by atoms with Crippen LogP contribution in [0.4, 0.5) is 13.2 Å². The minimum Gasteiger partial charge on any atom is -0.475 e. The molecule has 0 fully saturated rings. The summed E-state index contributed by atoms with van der Waals surface area (Å²) in [6, 6.07) is 11.5. The fourth-order valence-electron chi connectivity index (χ4n) is 2.13. The lowest BCUT2D eigenvalue weighted by molar-refractivity contribution is -0.192. The van der Waals surface area contributed by atoms with Crippen molar-refractivity contribution < 1.29 is 32.3 Å². The number of aliphatic carboxylic acids is 1. The number of hydrogen-bond acceptors (Lipinski definition) is 4. The van der Waals surface area contributed by atoms with E-state index in [1.54, 1.807) is 19.2 Å². The predicted octanol–water partition coefficient (Wildman–Crippen LogP) is 3.70. The van der Waals surface area contributed by atoms with Crippen molar-refractivity contribution in [1.29, 1.82) is 0 Å². The van der Waals surface area contributed by atoms with Crippen LogP contribution in [0.2, 0.25) is 0 Å². The van der Waals surface area contributed by atoms with Crippen LogP contribution < -0.4 is 5.32 Å². The van der Waals surface area contributed by atoms with E-state index in [0.717, 1.165) is 16.5 Å². The van der Waals surface area contributed by atoms with E-state index in [2.05, 4.69) is 10.3 Å². The van der Waals surface area contributed by atoms with E-state index < -0.39 is 12.1 Å². The van der Waals surface area contributed by atoms with Gasteiger partial charge in [-0.3, -0.25) is 9.78 Å². The number of aromatic nitrogens is 1. The highest BCUT2D eigenvalue weighted by Crippen LogP contribution is 2.14. The van der Waals surface area contributed by atoms with Crippen LogP contribution in [0.25, 0.3) is 10.9 Å². The second-order valence-electron chi connectivity index (χ2n) is 5.41. The molecule has 3 rings (SSSR count). The molecule has 0 spiro atoms. The van der Waals surface area contributed by atoms with Crippen molar-refractivity contribution in [2.45, 2.75) is 19.6 Å². The van der Waals surface area contributed by atoms with Crippen molar-refractivity contribution in [1.82, 2.24) is 10.3 Å². The first kappa shape index (κ1) is 20.0. The van der Waals surface area contributed by atoms with Gasteiger partial charge >= 0.3 is 12.1 Å². The normalized spacial score (nSPS) is 10.8. The minimum absolute atomic E-state index is 0.123. The number of fused-ring (bicyclic) bond motifs is 1. The fourth-order valence-corrected chi connectivity index (χ4v) is 2.13. The summed E-state index contributed by atoms with van der Waals surface area (Å²) < 4.78 is 36.9. The molecule has 0 radical (unpaired) electrons. The number of carboxylic acid groups (broad SMARTS) is 1. The molecule has 1 aromatic carbocycles. The zero-order valence-corrected chi connectivity index (χ0v) is 14.1. The Bertz CT molecular complexity index is 951. The van der Waals surface area contributed by atoms with Crippen LogP contribution in [-0.2, 0) is 11.3 Å². The molecule has 0 atom stereocenters. The molecule has 2 aromatic heterocycles. The van der Waals surface area contributed by atoms with Gasteiger partial charge in [0.25, 0.3) is 5.91 Å². The molecular formula is C18H15F3N2O4. The third-order valence-corrected chi connectivity index (χ3v) is 3.47. The number of carbonyl (C=O) groups is 2. The van der Waals surface area contributed by atoms with Gasteiger partial charge in [-0.15, -0.1) is 0 Å². The number of aryl methyl sites for hydroxylation is 1. The molecule has 0 aliphatic rings. The van der Waals surface area contributed by atoms with Crippen molar-refractivity contribution in [2.75, 3.05) is 0 Å². The molecule has 6 nitrogen and oxygen atoms in total. The van der Waals surface area contributed by atoms with Crippen molar-refractivity contribution in [3.05, 3.63) is 65.7 Å². The number of carboxylic acids is 1. The molecule has 1 amide bonds. The highest BCUT2D eigenvalue weighted by Gasteiger charge is 2.38. The van der Waals surface area contributed by atoms with E-state index in [-0.39, 0.29) is 5.91 Å². The Morgan fingerprint density at radius 3 is 2.52 bits per heavy atom. The summed E-state index contributed by atoms with van der Waals surface area (Å²) in [4.78, 5) is 25.1. The Balaban J connectivity index is 0.000000321. The van der Waals surface area contributed by atoms with Gasteiger partial charge in [0.15, 0.2) is 0 Å². The number of benzene rings is 1. The fraction of sp³-hybridized carbons (Fsp3) is 0.167. The highest BCUT2D eigenvalue weighted by molar-refractivity contribution is 5.95. The topological polar surface area (TPSA) is 92.4 Å². The van der Waals surface area contributed by atoms with Gasteiger partial charge < -0.3 is 14.8 Å². The lowest BCUT2D eigenvalue weighted by Gasteiger charge is -2.05. The number of nitrogens with one attached hydrogen (secondary N) is 1. The largest absolute Gasteiger partial charge is 0.490 e. The third kappa shape index (κ3) is 5.56. The van der Waals surface area contributed by atoms with Gasteiger partial charge in [0.1, 0.15) is 5.76 Å². The Kier molecular flexibility index (Phi) is 6.17. The standard InChI is InChI=1S/C16H14N2O2.C2HF3O2/c1-11-14(6-8-20-11)16(19)18-10-12-4-5-15-13(9-12)3-2-7-17-15;3-2(4,5)1(6)7/h2-9H,10H2,1H3,(H,18,19);(H,6,7). The molecule has 9 heteroatoms. The second-order valence-corrected chi connectivity index (χ2v) is 5.41. The Hall–Kier alpha value is -3.36. The lowest BCUT2D eigenvalue weighted by Crippen LogP contribution is -2.22. The first-order valence-corrected chi connectivity index (χ1v) is 7.64. The summed E-state index contributed by atoms with van der Waals surface area (Å²) in [7, 11) is 0.